The molecule has 0 saturated carbocycles. The minimum atomic E-state index is -4.20. The lowest BCUT2D eigenvalue weighted by molar-refractivity contribution is -0.119. The summed E-state index contributed by atoms with van der Waals surface area (Å²) < 4.78 is 36.7. The predicted molar refractivity (Wildman–Crippen MR) is 68.1 cm³/mol. The topological polar surface area (TPSA) is 28.2 Å². The summed E-state index contributed by atoms with van der Waals surface area (Å²) in [6.07, 6.45) is -3.19. The predicted octanol–water partition coefficient (Wildman–Crippen LogP) is 3.20. The van der Waals surface area contributed by atoms with Crippen LogP contribution >= 0.6 is 11.3 Å². The molecule has 18 heavy (non-hydrogen) atoms. The standard InChI is InChI=1S/C11H18F3N3S/c1-4-5-15-8(2)9-6-18-10(16-9)17(3)7-11(12,13)14/h6,8,15H,4-5,7H2,1-3H3. The van der Waals surface area contributed by atoms with Gasteiger partial charge in [-0.1, -0.05) is 6.92 Å². The number of thiazole rings is 1. The molecule has 0 aliphatic rings. The lowest BCUT2D eigenvalue weighted by Crippen LogP contribution is -2.30. The van der Waals surface area contributed by atoms with Gasteiger partial charge < -0.3 is 10.2 Å². The van der Waals surface area contributed by atoms with E-state index in [1.165, 1.54) is 18.4 Å². The number of alkyl halides is 3. The van der Waals surface area contributed by atoms with Gasteiger partial charge in [0.05, 0.1) is 5.69 Å². The number of anilines is 1. The van der Waals surface area contributed by atoms with Crippen molar-refractivity contribution in [3.05, 3.63) is 11.1 Å². The fourth-order valence-corrected chi connectivity index (χ4v) is 2.34. The van der Waals surface area contributed by atoms with Crippen LogP contribution in [0.4, 0.5) is 18.3 Å². The van der Waals surface area contributed by atoms with E-state index in [2.05, 4.69) is 17.2 Å². The summed E-state index contributed by atoms with van der Waals surface area (Å²) in [4.78, 5) is 5.35. The highest BCUT2D eigenvalue weighted by atomic mass is 32.1. The first-order valence-electron chi connectivity index (χ1n) is 5.80. The Kier molecular flexibility index (Phi) is 5.40. The van der Waals surface area contributed by atoms with Crippen molar-refractivity contribution in [3.8, 4) is 0 Å². The molecule has 0 aliphatic heterocycles. The number of hydrogen-bond donors (Lipinski definition) is 1. The number of nitrogens with one attached hydrogen (secondary N) is 1. The second kappa shape index (κ2) is 6.38. The molecule has 104 valence electrons. The van der Waals surface area contributed by atoms with Gasteiger partial charge in [-0.2, -0.15) is 13.2 Å². The van der Waals surface area contributed by atoms with Crippen LogP contribution in [-0.4, -0.2) is 31.3 Å². The number of aromatic nitrogens is 1. The van der Waals surface area contributed by atoms with E-state index in [1.54, 1.807) is 5.38 Å². The Morgan fingerprint density at radius 2 is 2.17 bits per heavy atom. The van der Waals surface area contributed by atoms with Gasteiger partial charge >= 0.3 is 6.18 Å². The molecule has 0 saturated heterocycles. The molecule has 1 N–H and O–H groups in total. The Balaban J connectivity index is 2.62. The van der Waals surface area contributed by atoms with Crippen LogP contribution in [-0.2, 0) is 0 Å². The Labute approximate surface area is 109 Å². The van der Waals surface area contributed by atoms with Crippen molar-refractivity contribution in [2.24, 2.45) is 0 Å². The van der Waals surface area contributed by atoms with Gasteiger partial charge in [0.1, 0.15) is 6.54 Å². The highest BCUT2D eigenvalue weighted by Gasteiger charge is 2.30. The molecular formula is C11H18F3N3S. The maximum atomic E-state index is 12.2. The Hall–Kier alpha value is -0.820. The van der Waals surface area contributed by atoms with Gasteiger partial charge in [0.15, 0.2) is 5.13 Å². The molecule has 1 unspecified atom stereocenters. The van der Waals surface area contributed by atoms with Gasteiger partial charge in [-0.05, 0) is 19.9 Å². The van der Waals surface area contributed by atoms with Crippen molar-refractivity contribution >= 4 is 16.5 Å². The molecule has 0 amide bonds. The monoisotopic (exact) mass is 281 g/mol. The summed E-state index contributed by atoms with van der Waals surface area (Å²) in [5.74, 6) is 0. The highest BCUT2D eigenvalue weighted by molar-refractivity contribution is 7.13. The Bertz CT molecular complexity index is 365. The van der Waals surface area contributed by atoms with Crippen LogP contribution in [0.5, 0.6) is 0 Å². The van der Waals surface area contributed by atoms with Crippen molar-refractivity contribution in [2.45, 2.75) is 32.5 Å². The van der Waals surface area contributed by atoms with Gasteiger partial charge in [-0.15, -0.1) is 11.3 Å². The Morgan fingerprint density at radius 3 is 2.72 bits per heavy atom. The zero-order valence-corrected chi connectivity index (χ0v) is 11.5. The molecule has 1 heterocycles. The van der Waals surface area contributed by atoms with E-state index in [1.807, 2.05) is 6.92 Å². The van der Waals surface area contributed by atoms with Crippen LogP contribution in [0.25, 0.3) is 0 Å². The largest absolute Gasteiger partial charge is 0.405 e. The third-order valence-electron chi connectivity index (χ3n) is 2.40. The minimum Gasteiger partial charge on any atom is -0.342 e. The molecule has 0 bridgehead atoms. The summed E-state index contributed by atoms with van der Waals surface area (Å²) in [6.45, 7) is 3.91. The van der Waals surface area contributed by atoms with Gasteiger partial charge in [0, 0.05) is 18.5 Å². The summed E-state index contributed by atoms with van der Waals surface area (Å²) in [7, 11) is 1.40. The zero-order chi connectivity index (χ0) is 13.8. The third kappa shape index (κ3) is 4.81. The quantitative estimate of drug-likeness (QED) is 0.868. The van der Waals surface area contributed by atoms with Crippen molar-refractivity contribution < 1.29 is 13.2 Å². The maximum absolute atomic E-state index is 12.2. The van der Waals surface area contributed by atoms with Gasteiger partial charge in [0.2, 0.25) is 0 Å². The molecule has 1 aromatic rings. The number of halogens is 3. The fraction of sp³-hybridized carbons (Fsp3) is 0.727. The van der Waals surface area contributed by atoms with Gasteiger partial charge in [0.25, 0.3) is 0 Å². The molecule has 0 fully saturated rings. The lowest BCUT2D eigenvalue weighted by Gasteiger charge is -2.17. The van der Waals surface area contributed by atoms with Crippen LogP contribution in [0, 0.1) is 0 Å². The van der Waals surface area contributed by atoms with Crippen LogP contribution < -0.4 is 10.2 Å². The van der Waals surface area contributed by atoms with E-state index in [-0.39, 0.29) is 6.04 Å². The summed E-state index contributed by atoms with van der Waals surface area (Å²) in [6, 6.07) is 0.0641. The van der Waals surface area contributed by atoms with Crippen molar-refractivity contribution in [1.82, 2.24) is 10.3 Å². The number of rotatable bonds is 6. The maximum Gasteiger partial charge on any atom is 0.405 e. The SMILES string of the molecule is CCCNC(C)c1csc(N(C)CC(F)(F)F)n1. The first-order chi connectivity index (χ1) is 8.33. The highest BCUT2D eigenvalue weighted by Crippen LogP contribution is 2.26. The van der Waals surface area contributed by atoms with Crippen molar-refractivity contribution in [1.29, 1.82) is 0 Å². The number of nitrogens with zero attached hydrogens (tertiary/aromatic N) is 2. The van der Waals surface area contributed by atoms with Gasteiger partial charge in [-0.25, -0.2) is 4.98 Å². The first-order valence-corrected chi connectivity index (χ1v) is 6.68. The second-order valence-corrected chi connectivity index (χ2v) is 5.04. The van der Waals surface area contributed by atoms with Crippen LogP contribution in [0.3, 0.4) is 0 Å². The van der Waals surface area contributed by atoms with E-state index in [4.69, 9.17) is 0 Å². The zero-order valence-electron chi connectivity index (χ0n) is 10.7. The molecule has 7 heteroatoms. The van der Waals surface area contributed by atoms with Gasteiger partial charge in [-0.3, -0.25) is 0 Å². The average molecular weight is 281 g/mol. The molecule has 1 atom stereocenters. The normalized spacial score (nSPS) is 13.7. The number of hydrogen-bond acceptors (Lipinski definition) is 4. The van der Waals surface area contributed by atoms with Crippen LogP contribution in [0.2, 0.25) is 0 Å². The summed E-state index contributed by atoms with van der Waals surface area (Å²) in [5.41, 5.74) is 0.789. The van der Waals surface area contributed by atoms with E-state index in [9.17, 15) is 13.2 Å². The first kappa shape index (κ1) is 15.2. The smallest absolute Gasteiger partial charge is 0.342 e. The summed E-state index contributed by atoms with van der Waals surface area (Å²) >= 11 is 1.23. The average Bonchev–Trinajstić information content (AvgIpc) is 2.72. The summed E-state index contributed by atoms with van der Waals surface area (Å²) in [5, 5.41) is 5.45. The second-order valence-electron chi connectivity index (χ2n) is 4.20. The minimum absolute atomic E-state index is 0.0641. The molecule has 3 nitrogen and oxygen atoms in total. The van der Waals surface area contributed by atoms with E-state index in [0.29, 0.717) is 5.13 Å². The van der Waals surface area contributed by atoms with E-state index in [0.717, 1.165) is 23.6 Å². The molecule has 1 rings (SSSR count). The molecule has 0 aliphatic carbocycles. The van der Waals surface area contributed by atoms with E-state index >= 15 is 0 Å². The molecule has 0 spiro atoms. The molecular weight excluding hydrogens is 263 g/mol. The Morgan fingerprint density at radius 1 is 1.50 bits per heavy atom. The lowest BCUT2D eigenvalue weighted by atomic mass is 10.2. The molecule has 0 aromatic carbocycles. The van der Waals surface area contributed by atoms with E-state index < -0.39 is 12.7 Å². The van der Waals surface area contributed by atoms with Crippen molar-refractivity contribution in [3.63, 3.8) is 0 Å². The molecule has 1 aromatic heterocycles. The third-order valence-corrected chi connectivity index (χ3v) is 3.37. The van der Waals surface area contributed by atoms with Crippen molar-refractivity contribution in [2.75, 3.05) is 25.0 Å². The molecule has 0 radical (unpaired) electrons. The van der Waals surface area contributed by atoms with Crippen LogP contribution in [0.1, 0.15) is 32.0 Å². The fourth-order valence-electron chi connectivity index (χ4n) is 1.45. The van der Waals surface area contributed by atoms with Crippen LogP contribution in [0.15, 0.2) is 5.38 Å².